The van der Waals surface area contributed by atoms with Crippen molar-refractivity contribution in [3.05, 3.63) is 17.5 Å². The van der Waals surface area contributed by atoms with E-state index in [2.05, 4.69) is 45.1 Å². The van der Waals surface area contributed by atoms with E-state index in [-0.39, 0.29) is 5.54 Å². The number of hydrogen-bond acceptors (Lipinski definition) is 4. The molecule has 1 aromatic rings. The topological polar surface area (TPSA) is 47.3 Å². The molecule has 0 bridgehead atoms. The lowest BCUT2D eigenvalue weighted by Gasteiger charge is -2.19. The molecular weight excluding hydrogens is 264 g/mol. The Morgan fingerprint density at radius 2 is 2.10 bits per heavy atom. The summed E-state index contributed by atoms with van der Waals surface area (Å²) in [4.78, 5) is 0. The molecule has 1 rings (SSSR count). The number of hydrogen-bond donors (Lipinski definition) is 1. The van der Waals surface area contributed by atoms with Crippen LogP contribution in [-0.2, 0) is 17.9 Å². The molecule has 1 N–H and O–H groups in total. The van der Waals surface area contributed by atoms with Gasteiger partial charge in [-0.1, -0.05) is 38.3 Å². The minimum atomic E-state index is 0.0865. The molecule has 0 amide bonds. The highest BCUT2D eigenvalue weighted by Gasteiger charge is 2.12. The lowest BCUT2D eigenvalue weighted by molar-refractivity contribution is 0.0675. The van der Waals surface area contributed by atoms with Gasteiger partial charge in [0.1, 0.15) is 6.61 Å². The zero-order valence-corrected chi connectivity index (χ0v) is 14.4. The van der Waals surface area contributed by atoms with Gasteiger partial charge in [-0.05, 0) is 33.1 Å². The largest absolute Gasteiger partial charge is 0.373 e. The van der Waals surface area contributed by atoms with Crippen molar-refractivity contribution in [2.75, 3.05) is 6.61 Å². The average Bonchev–Trinajstić information content (AvgIpc) is 2.87. The van der Waals surface area contributed by atoms with E-state index in [0.717, 1.165) is 24.6 Å². The van der Waals surface area contributed by atoms with Gasteiger partial charge in [-0.25, -0.2) is 0 Å². The lowest BCUT2D eigenvalue weighted by atomic mass is 10.0. The van der Waals surface area contributed by atoms with Crippen molar-refractivity contribution < 1.29 is 9.26 Å². The van der Waals surface area contributed by atoms with Crippen LogP contribution in [0.25, 0.3) is 0 Å². The molecule has 1 unspecified atom stereocenters. The van der Waals surface area contributed by atoms with Crippen LogP contribution in [0.1, 0.15) is 71.8 Å². The van der Waals surface area contributed by atoms with Gasteiger partial charge in [0.05, 0.1) is 5.69 Å². The van der Waals surface area contributed by atoms with Gasteiger partial charge in [0, 0.05) is 24.8 Å². The summed E-state index contributed by atoms with van der Waals surface area (Å²) in [6.07, 6.45) is 4.97. The summed E-state index contributed by atoms with van der Waals surface area (Å²) in [7, 11) is 0. The predicted octanol–water partition coefficient (Wildman–Crippen LogP) is 4.30. The van der Waals surface area contributed by atoms with E-state index >= 15 is 0 Å². The predicted molar refractivity (Wildman–Crippen MR) is 86.1 cm³/mol. The molecule has 0 spiro atoms. The van der Waals surface area contributed by atoms with E-state index in [1.54, 1.807) is 0 Å². The van der Waals surface area contributed by atoms with Crippen molar-refractivity contribution in [3.8, 4) is 0 Å². The Kier molecular flexibility index (Phi) is 7.97. The van der Waals surface area contributed by atoms with Crippen molar-refractivity contribution in [2.24, 2.45) is 5.92 Å². The van der Waals surface area contributed by atoms with Crippen LogP contribution in [0.3, 0.4) is 0 Å². The first-order valence-corrected chi connectivity index (χ1v) is 8.21. The highest BCUT2D eigenvalue weighted by atomic mass is 16.5. The molecule has 122 valence electrons. The molecule has 4 heteroatoms. The molecule has 0 fully saturated rings. The van der Waals surface area contributed by atoms with Crippen LogP contribution in [0.2, 0.25) is 0 Å². The second kappa shape index (κ2) is 9.21. The molecule has 0 aliphatic heterocycles. The quantitative estimate of drug-likeness (QED) is 0.699. The molecule has 4 nitrogen and oxygen atoms in total. The van der Waals surface area contributed by atoms with Crippen LogP contribution >= 0.6 is 0 Å². The van der Waals surface area contributed by atoms with Gasteiger partial charge in [0.2, 0.25) is 0 Å². The normalized spacial score (nSPS) is 13.6. The second-order valence-electron chi connectivity index (χ2n) is 6.82. The molecule has 0 aromatic carbocycles. The van der Waals surface area contributed by atoms with Crippen LogP contribution in [0.4, 0.5) is 0 Å². The minimum Gasteiger partial charge on any atom is -0.373 e. The first-order valence-electron chi connectivity index (χ1n) is 8.21. The van der Waals surface area contributed by atoms with Gasteiger partial charge in [-0.3, -0.25) is 0 Å². The van der Waals surface area contributed by atoms with Gasteiger partial charge in [-0.2, -0.15) is 0 Å². The van der Waals surface area contributed by atoms with E-state index in [4.69, 9.17) is 9.26 Å². The van der Waals surface area contributed by atoms with Crippen LogP contribution in [0.5, 0.6) is 0 Å². The van der Waals surface area contributed by atoms with Crippen LogP contribution < -0.4 is 5.32 Å². The Hall–Kier alpha value is -0.870. The Balaban J connectivity index is 2.28. The fraction of sp³-hybridized carbons (Fsp3) is 0.824. The monoisotopic (exact) mass is 296 g/mol. The summed E-state index contributed by atoms with van der Waals surface area (Å²) >= 11 is 0. The number of ether oxygens (including phenoxy) is 1. The van der Waals surface area contributed by atoms with E-state index in [1.165, 1.54) is 25.7 Å². The maximum Gasteiger partial charge on any atom is 0.162 e. The fourth-order valence-corrected chi connectivity index (χ4v) is 2.09. The standard InChI is InChI=1S/C17H32N2O2/c1-6-8-9-14(7-2)12-20-13-16-10-15(19-21-16)11-18-17(3,4)5/h10,14,18H,6-9,11-13H2,1-5H3. The third-order valence-corrected chi connectivity index (χ3v) is 3.55. The van der Waals surface area contributed by atoms with Crippen molar-refractivity contribution in [1.82, 2.24) is 10.5 Å². The summed E-state index contributed by atoms with van der Waals surface area (Å²) in [5.41, 5.74) is 1.02. The molecule has 1 aromatic heterocycles. The van der Waals surface area contributed by atoms with Gasteiger partial charge >= 0.3 is 0 Å². The molecule has 1 atom stereocenters. The van der Waals surface area contributed by atoms with Gasteiger partial charge in [0.25, 0.3) is 0 Å². The summed E-state index contributed by atoms with van der Waals surface area (Å²) in [6, 6.07) is 1.98. The smallest absolute Gasteiger partial charge is 0.162 e. The molecular formula is C17H32N2O2. The van der Waals surface area contributed by atoms with Crippen molar-refractivity contribution in [3.63, 3.8) is 0 Å². The van der Waals surface area contributed by atoms with Gasteiger partial charge < -0.3 is 14.6 Å². The van der Waals surface area contributed by atoms with Gasteiger partial charge in [-0.15, -0.1) is 0 Å². The maximum absolute atomic E-state index is 5.77. The first kappa shape index (κ1) is 18.2. The number of rotatable bonds is 10. The highest BCUT2D eigenvalue weighted by Crippen LogP contribution is 2.14. The lowest BCUT2D eigenvalue weighted by Crippen LogP contribution is -2.35. The van der Waals surface area contributed by atoms with Crippen LogP contribution in [0, 0.1) is 5.92 Å². The van der Waals surface area contributed by atoms with E-state index < -0.39 is 0 Å². The fourth-order valence-electron chi connectivity index (χ4n) is 2.09. The number of nitrogens with one attached hydrogen (secondary N) is 1. The number of nitrogens with zero attached hydrogens (tertiary/aromatic N) is 1. The summed E-state index contributed by atoms with van der Waals surface area (Å²) in [5, 5.41) is 7.46. The Labute approximate surface area is 129 Å². The highest BCUT2D eigenvalue weighted by molar-refractivity contribution is 5.04. The number of aromatic nitrogens is 1. The molecule has 21 heavy (non-hydrogen) atoms. The average molecular weight is 296 g/mol. The zero-order valence-electron chi connectivity index (χ0n) is 14.4. The number of unbranched alkanes of at least 4 members (excludes halogenated alkanes) is 1. The Bertz CT molecular complexity index is 382. The third kappa shape index (κ3) is 8.22. The van der Waals surface area contributed by atoms with Crippen molar-refractivity contribution >= 4 is 0 Å². The zero-order chi connectivity index (χ0) is 15.7. The van der Waals surface area contributed by atoms with E-state index in [9.17, 15) is 0 Å². The summed E-state index contributed by atoms with van der Waals surface area (Å²) < 4.78 is 11.1. The molecule has 0 radical (unpaired) electrons. The summed E-state index contributed by atoms with van der Waals surface area (Å²) in [6.45, 7) is 12.9. The first-order chi connectivity index (χ1) is 9.94. The third-order valence-electron chi connectivity index (χ3n) is 3.55. The summed E-state index contributed by atoms with van der Waals surface area (Å²) in [5.74, 6) is 1.47. The van der Waals surface area contributed by atoms with E-state index in [1.807, 2.05) is 6.07 Å². The SMILES string of the molecule is CCCCC(CC)COCc1cc(CNC(C)(C)C)no1. The molecule has 0 saturated carbocycles. The maximum atomic E-state index is 5.77. The molecule has 1 heterocycles. The second-order valence-corrected chi connectivity index (χ2v) is 6.82. The molecule has 0 aliphatic rings. The van der Waals surface area contributed by atoms with Crippen LogP contribution in [-0.4, -0.2) is 17.3 Å². The Morgan fingerprint density at radius 1 is 1.33 bits per heavy atom. The molecule has 0 aliphatic carbocycles. The van der Waals surface area contributed by atoms with Gasteiger partial charge in [0.15, 0.2) is 5.76 Å². The Morgan fingerprint density at radius 3 is 2.71 bits per heavy atom. The van der Waals surface area contributed by atoms with E-state index in [0.29, 0.717) is 12.5 Å². The van der Waals surface area contributed by atoms with Crippen molar-refractivity contribution in [1.29, 1.82) is 0 Å². The van der Waals surface area contributed by atoms with Crippen molar-refractivity contribution in [2.45, 2.75) is 79.0 Å². The molecule has 0 saturated heterocycles. The van der Waals surface area contributed by atoms with Crippen LogP contribution in [0.15, 0.2) is 10.6 Å². The minimum absolute atomic E-state index is 0.0865.